The fourth-order valence-electron chi connectivity index (χ4n) is 2.65. The Morgan fingerprint density at radius 3 is 2.22 bits per heavy atom. The zero-order chi connectivity index (χ0) is 24.7. The number of ether oxygens (including phenoxy) is 1. The first-order valence-corrected chi connectivity index (χ1v) is 10.3. The molecule has 1 atom stereocenters. The zero-order valence-electron chi connectivity index (χ0n) is 15.5. The van der Waals surface area contributed by atoms with Gasteiger partial charge in [0, 0.05) is 0 Å². The maximum atomic E-state index is 13.4. The molecular formula is C15H10Cl2F6N4O4S. The SMILES string of the molecule is CCOC(=O)NC1(S(=O)(=O)C(F)(F)F)CN(c2c(Cl)cc(C(F)(F)F)cc2Cl)N=C1C#N. The maximum Gasteiger partial charge on any atom is 0.500 e. The van der Waals surface area contributed by atoms with Gasteiger partial charge in [-0.1, -0.05) is 23.2 Å². The molecule has 1 aliphatic heterocycles. The summed E-state index contributed by atoms with van der Waals surface area (Å²) in [5, 5.41) is 13.0. The molecule has 2 rings (SSSR count). The number of alkyl carbamates (subject to hydrolysis) is 1. The normalized spacial score (nSPS) is 19.4. The van der Waals surface area contributed by atoms with Crippen molar-refractivity contribution in [2.45, 2.75) is 23.5 Å². The summed E-state index contributed by atoms with van der Waals surface area (Å²) in [5.74, 6) is 0. The smallest absolute Gasteiger partial charge is 0.450 e. The Labute approximate surface area is 186 Å². The molecule has 17 heteroatoms. The molecule has 1 aliphatic rings. The van der Waals surface area contributed by atoms with Crippen LogP contribution in [-0.4, -0.2) is 43.8 Å². The summed E-state index contributed by atoms with van der Waals surface area (Å²) in [6, 6.07) is 1.90. The number of nitrogens with one attached hydrogen (secondary N) is 1. The van der Waals surface area contributed by atoms with E-state index in [2.05, 4.69) is 9.84 Å². The number of hydrogen-bond acceptors (Lipinski definition) is 7. The first-order valence-electron chi connectivity index (χ1n) is 8.10. The molecule has 8 nitrogen and oxygen atoms in total. The van der Waals surface area contributed by atoms with Gasteiger partial charge in [0.2, 0.25) is 4.87 Å². The molecule has 0 fully saturated rings. The second kappa shape index (κ2) is 8.49. The zero-order valence-corrected chi connectivity index (χ0v) is 17.8. The summed E-state index contributed by atoms with van der Waals surface area (Å²) in [5.41, 5.74) is -9.26. The lowest BCUT2D eigenvalue weighted by Crippen LogP contribution is -2.64. The molecule has 0 aliphatic carbocycles. The number of carbonyl (C=O) groups excluding carboxylic acids is 1. The third kappa shape index (κ3) is 4.39. The number of nitrogens with zero attached hydrogens (tertiary/aromatic N) is 3. The topological polar surface area (TPSA) is 112 Å². The number of halogens is 8. The molecule has 1 heterocycles. The highest BCUT2D eigenvalue weighted by molar-refractivity contribution is 7.94. The van der Waals surface area contributed by atoms with Crippen LogP contribution in [0.1, 0.15) is 12.5 Å². The van der Waals surface area contributed by atoms with E-state index in [0.717, 1.165) is 6.07 Å². The van der Waals surface area contributed by atoms with Gasteiger partial charge in [-0.25, -0.2) is 13.2 Å². The standard InChI is InChI=1S/C15H10Cl2F6N4O4S/c1-2-31-12(28)25-13(32(29,30)15(21,22)23)6-27(26-10(13)5-24)11-8(16)3-7(4-9(11)17)14(18,19)20/h3-4H,2,6H2,1H3,(H,25,28). The molecule has 176 valence electrons. The van der Waals surface area contributed by atoms with Crippen molar-refractivity contribution in [2.24, 2.45) is 5.10 Å². The number of rotatable bonds is 4. The molecule has 1 aromatic rings. The number of carbonyl (C=O) groups is 1. The number of benzene rings is 1. The maximum absolute atomic E-state index is 13.4. The van der Waals surface area contributed by atoms with Gasteiger partial charge >= 0.3 is 17.8 Å². The van der Waals surface area contributed by atoms with Gasteiger partial charge in [-0.15, -0.1) is 0 Å². The summed E-state index contributed by atoms with van der Waals surface area (Å²) >= 11 is 11.6. The molecule has 0 saturated carbocycles. The van der Waals surface area contributed by atoms with Crippen LogP contribution in [0.15, 0.2) is 17.2 Å². The van der Waals surface area contributed by atoms with Crippen molar-refractivity contribution in [1.82, 2.24) is 5.32 Å². The van der Waals surface area contributed by atoms with Crippen molar-refractivity contribution in [3.05, 3.63) is 27.7 Å². The molecule has 1 aromatic carbocycles. The summed E-state index contributed by atoms with van der Waals surface area (Å²) < 4.78 is 108. The molecule has 1 N–H and O–H groups in total. The third-order valence-corrected chi connectivity index (χ3v) is 6.55. The number of sulfone groups is 1. The molecule has 0 spiro atoms. The Morgan fingerprint density at radius 1 is 1.28 bits per heavy atom. The number of amides is 1. The first-order chi connectivity index (χ1) is 14.5. The fourth-order valence-corrected chi connectivity index (χ4v) is 4.58. The molecular weight excluding hydrogens is 517 g/mol. The average Bonchev–Trinajstić information content (AvgIpc) is 2.99. The minimum Gasteiger partial charge on any atom is -0.450 e. The van der Waals surface area contributed by atoms with Crippen LogP contribution in [0.2, 0.25) is 10.0 Å². The minimum atomic E-state index is -6.38. The number of hydrogen-bond donors (Lipinski definition) is 1. The van der Waals surface area contributed by atoms with E-state index >= 15 is 0 Å². The van der Waals surface area contributed by atoms with Crippen molar-refractivity contribution in [1.29, 1.82) is 5.26 Å². The van der Waals surface area contributed by atoms with E-state index in [1.807, 2.05) is 0 Å². The van der Waals surface area contributed by atoms with Gasteiger partial charge in [-0.3, -0.25) is 10.3 Å². The molecule has 1 amide bonds. The number of alkyl halides is 6. The Balaban J connectivity index is 2.70. The second-order valence-electron chi connectivity index (χ2n) is 6.03. The summed E-state index contributed by atoms with van der Waals surface area (Å²) in [6.45, 7) is -0.499. The summed E-state index contributed by atoms with van der Waals surface area (Å²) in [6.07, 6.45) is -6.51. The number of hydrazone groups is 1. The fraction of sp³-hybridized carbons (Fsp3) is 0.400. The van der Waals surface area contributed by atoms with E-state index in [1.54, 1.807) is 0 Å². The molecule has 1 unspecified atom stereocenters. The van der Waals surface area contributed by atoms with E-state index in [9.17, 15) is 44.8 Å². The van der Waals surface area contributed by atoms with Gasteiger partial charge in [-0.2, -0.15) is 36.7 Å². The van der Waals surface area contributed by atoms with Gasteiger partial charge in [-0.05, 0) is 19.1 Å². The summed E-state index contributed by atoms with van der Waals surface area (Å²) in [7, 11) is -6.38. The van der Waals surface area contributed by atoms with Gasteiger partial charge in [0.1, 0.15) is 6.07 Å². The van der Waals surface area contributed by atoms with Gasteiger partial charge in [0.15, 0.2) is 5.71 Å². The van der Waals surface area contributed by atoms with E-state index in [4.69, 9.17) is 23.2 Å². The van der Waals surface area contributed by atoms with Crippen LogP contribution >= 0.6 is 23.2 Å². The predicted molar refractivity (Wildman–Crippen MR) is 99.7 cm³/mol. The highest BCUT2D eigenvalue weighted by atomic mass is 35.5. The van der Waals surface area contributed by atoms with E-state index in [0.29, 0.717) is 17.1 Å². The van der Waals surface area contributed by atoms with Gasteiger partial charge in [0.25, 0.3) is 9.84 Å². The predicted octanol–water partition coefficient (Wildman–Crippen LogP) is 4.09. The van der Waals surface area contributed by atoms with Crippen LogP contribution in [-0.2, 0) is 20.8 Å². The van der Waals surface area contributed by atoms with E-state index in [-0.39, 0.29) is 6.61 Å². The minimum absolute atomic E-state index is 0.368. The average molecular weight is 527 g/mol. The van der Waals surface area contributed by atoms with Crippen molar-refractivity contribution in [3.63, 3.8) is 0 Å². The molecule has 0 bridgehead atoms. The Hall–Kier alpha value is -2.44. The first kappa shape index (κ1) is 25.8. The lowest BCUT2D eigenvalue weighted by Gasteiger charge is -2.30. The Kier molecular flexibility index (Phi) is 6.85. The Morgan fingerprint density at radius 2 is 1.81 bits per heavy atom. The molecule has 0 radical (unpaired) electrons. The molecule has 32 heavy (non-hydrogen) atoms. The lowest BCUT2D eigenvalue weighted by molar-refractivity contribution is -0.137. The quantitative estimate of drug-likeness (QED) is 0.591. The van der Waals surface area contributed by atoms with E-state index < -0.39 is 66.0 Å². The lowest BCUT2D eigenvalue weighted by atomic mass is 10.1. The van der Waals surface area contributed by atoms with Crippen LogP contribution in [0, 0.1) is 11.3 Å². The largest absolute Gasteiger partial charge is 0.500 e. The Bertz CT molecular complexity index is 1090. The highest BCUT2D eigenvalue weighted by Gasteiger charge is 2.66. The summed E-state index contributed by atoms with van der Waals surface area (Å²) in [4.78, 5) is 8.35. The molecule has 0 saturated heterocycles. The van der Waals surface area contributed by atoms with Crippen molar-refractivity contribution in [2.75, 3.05) is 18.2 Å². The van der Waals surface area contributed by atoms with Crippen molar-refractivity contribution in [3.8, 4) is 6.07 Å². The van der Waals surface area contributed by atoms with Gasteiger partial charge < -0.3 is 4.74 Å². The third-order valence-electron chi connectivity index (χ3n) is 4.03. The second-order valence-corrected chi connectivity index (χ2v) is 9.01. The van der Waals surface area contributed by atoms with Crippen molar-refractivity contribution < 1.29 is 44.3 Å². The number of anilines is 1. The molecule has 0 aromatic heterocycles. The van der Waals surface area contributed by atoms with Crippen LogP contribution in [0.5, 0.6) is 0 Å². The van der Waals surface area contributed by atoms with Crippen LogP contribution < -0.4 is 10.3 Å². The van der Waals surface area contributed by atoms with E-state index in [1.165, 1.54) is 12.2 Å². The van der Waals surface area contributed by atoms with Gasteiger partial charge in [0.05, 0.1) is 34.4 Å². The van der Waals surface area contributed by atoms with Crippen LogP contribution in [0.4, 0.5) is 36.8 Å². The van der Waals surface area contributed by atoms with Crippen LogP contribution in [0.25, 0.3) is 0 Å². The highest BCUT2D eigenvalue weighted by Crippen LogP contribution is 2.44. The monoisotopic (exact) mass is 526 g/mol. The van der Waals surface area contributed by atoms with Crippen LogP contribution in [0.3, 0.4) is 0 Å². The van der Waals surface area contributed by atoms with Crippen molar-refractivity contribution >= 4 is 50.5 Å². The number of nitriles is 1.